The minimum atomic E-state index is -0.210. The van der Waals surface area contributed by atoms with Crippen molar-refractivity contribution in [3.8, 4) is 0 Å². The maximum atomic E-state index is 10.6. The number of methoxy groups -OCH3 is 1. The van der Waals surface area contributed by atoms with Gasteiger partial charge in [-0.15, -0.1) is 6.58 Å². The maximum Gasteiger partial charge on any atom is 0.319 e. The second-order valence-electron chi connectivity index (χ2n) is 2.54. The molecule has 0 aliphatic heterocycles. The number of carbonyl (C=O) groups is 1. The number of rotatable bonds is 7. The molecule has 70 valence electrons. The zero-order valence-corrected chi connectivity index (χ0v) is 7.64. The van der Waals surface area contributed by atoms with Gasteiger partial charge in [0.05, 0.1) is 13.7 Å². The van der Waals surface area contributed by atoms with E-state index in [2.05, 4.69) is 16.6 Å². The monoisotopic (exact) mass is 171 g/mol. The number of carbonyl (C=O) groups excluding carboxylic acids is 1. The van der Waals surface area contributed by atoms with Crippen LogP contribution in [0.1, 0.15) is 19.3 Å². The van der Waals surface area contributed by atoms with Gasteiger partial charge in [-0.2, -0.15) is 0 Å². The first-order valence-corrected chi connectivity index (χ1v) is 4.19. The van der Waals surface area contributed by atoms with E-state index in [1.807, 2.05) is 6.08 Å². The normalized spacial score (nSPS) is 9.42. The Morgan fingerprint density at radius 3 is 2.92 bits per heavy atom. The van der Waals surface area contributed by atoms with Crippen LogP contribution in [0, 0.1) is 0 Å². The minimum Gasteiger partial charge on any atom is -0.468 e. The van der Waals surface area contributed by atoms with Gasteiger partial charge in [0.25, 0.3) is 0 Å². The molecule has 0 saturated carbocycles. The van der Waals surface area contributed by atoms with Crippen LogP contribution >= 0.6 is 0 Å². The molecule has 0 amide bonds. The molecule has 0 radical (unpaired) electrons. The van der Waals surface area contributed by atoms with E-state index in [9.17, 15) is 4.79 Å². The largest absolute Gasteiger partial charge is 0.468 e. The fourth-order valence-electron chi connectivity index (χ4n) is 0.801. The Kier molecular flexibility index (Phi) is 7.70. The molecule has 0 aromatic heterocycles. The molecule has 3 heteroatoms. The highest BCUT2D eigenvalue weighted by Gasteiger charge is 1.96. The van der Waals surface area contributed by atoms with Crippen LogP contribution in [-0.2, 0) is 9.53 Å². The van der Waals surface area contributed by atoms with Crippen LogP contribution in [0.3, 0.4) is 0 Å². The molecule has 12 heavy (non-hydrogen) atoms. The van der Waals surface area contributed by atoms with E-state index in [4.69, 9.17) is 0 Å². The van der Waals surface area contributed by atoms with Gasteiger partial charge in [0, 0.05) is 0 Å². The summed E-state index contributed by atoms with van der Waals surface area (Å²) in [5.74, 6) is -0.210. The zero-order chi connectivity index (χ0) is 9.23. The minimum absolute atomic E-state index is 0.210. The van der Waals surface area contributed by atoms with E-state index in [0.717, 1.165) is 25.8 Å². The molecule has 0 rings (SSSR count). The first kappa shape index (κ1) is 11.2. The first-order valence-electron chi connectivity index (χ1n) is 4.19. The third-order valence-corrected chi connectivity index (χ3v) is 1.51. The summed E-state index contributed by atoms with van der Waals surface area (Å²) in [5.41, 5.74) is 0. The van der Waals surface area contributed by atoms with Crippen molar-refractivity contribution in [3.63, 3.8) is 0 Å². The zero-order valence-electron chi connectivity index (χ0n) is 7.64. The smallest absolute Gasteiger partial charge is 0.319 e. The number of hydrogen-bond donors (Lipinski definition) is 1. The molecule has 0 spiro atoms. The molecule has 0 aliphatic carbocycles. The number of hydrogen-bond acceptors (Lipinski definition) is 3. The first-order chi connectivity index (χ1) is 5.81. The number of allylic oxidation sites excluding steroid dienone is 1. The van der Waals surface area contributed by atoms with Crippen LogP contribution in [-0.4, -0.2) is 26.2 Å². The van der Waals surface area contributed by atoms with Crippen molar-refractivity contribution < 1.29 is 9.53 Å². The summed E-state index contributed by atoms with van der Waals surface area (Å²) in [7, 11) is 1.39. The van der Waals surface area contributed by atoms with Crippen molar-refractivity contribution in [2.24, 2.45) is 0 Å². The summed E-state index contributed by atoms with van der Waals surface area (Å²) in [6.07, 6.45) is 5.14. The van der Waals surface area contributed by atoms with Gasteiger partial charge < -0.3 is 10.1 Å². The van der Waals surface area contributed by atoms with Gasteiger partial charge in [0.15, 0.2) is 0 Å². The van der Waals surface area contributed by atoms with Crippen LogP contribution < -0.4 is 5.32 Å². The Morgan fingerprint density at radius 1 is 1.58 bits per heavy atom. The Labute approximate surface area is 73.8 Å². The van der Waals surface area contributed by atoms with Crippen molar-refractivity contribution in [1.82, 2.24) is 5.32 Å². The summed E-state index contributed by atoms with van der Waals surface area (Å²) in [5, 5.41) is 2.99. The molecule has 0 unspecified atom stereocenters. The topological polar surface area (TPSA) is 38.3 Å². The molecule has 0 heterocycles. The van der Waals surface area contributed by atoms with E-state index in [1.54, 1.807) is 0 Å². The highest BCUT2D eigenvalue weighted by Crippen LogP contribution is 1.93. The molecule has 0 fully saturated rings. The van der Waals surface area contributed by atoms with Crippen LogP contribution in [0.25, 0.3) is 0 Å². The highest BCUT2D eigenvalue weighted by atomic mass is 16.5. The van der Waals surface area contributed by atoms with Gasteiger partial charge in [-0.25, -0.2) is 0 Å². The Balaban J connectivity index is 3.00. The lowest BCUT2D eigenvalue weighted by molar-refractivity contribution is -0.139. The Hall–Kier alpha value is -0.830. The third kappa shape index (κ3) is 7.28. The molecule has 0 saturated heterocycles. The highest BCUT2D eigenvalue weighted by molar-refractivity contribution is 5.71. The number of ether oxygens (including phenoxy) is 1. The fourth-order valence-corrected chi connectivity index (χ4v) is 0.801. The second-order valence-corrected chi connectivity index (χ2v) is 2.54. The molecule has 0 bridgehead atoms. The van der Waals surface area contributed by atoms with Crippen LogP contribution in [0.15, 0.2) is 12.7 Å². The van der Waals surface area contributed by atoms with Gasteiger partial charge in [-0.05, 0) is 25.8 Å². The van der Waals surface area contributed by atoms with Gasteiger partial charge in [-0.3, -0.25) is 4.79 Å². The average Bonchev–Trinajstić information content (AvgIpc) is 2.10. The Morgan fingerprint density at radius 2 is 2.33 bits per heavy atom. The lowest BCUT2D eigenvalue weighted by Gasteiger charge is -2.01. The van der Waals surface area contributed by atoms with E-state index >= 15 is 0 Å². The standard InChI is InChI=1S/C9H17NO2/c1-3-4-5-6-7-10-8-9(11)12-2/h3,10H,1,4-8H2,2H3. The quantitative estimate of drug-likeness (QED) is 0.354. The molecule has 0 aromatic carbocycles. The Bertz CT molecular complexity index is 134. The molecule has 0 atom stereocenters. The van der Waals surface area contributed by atoms with Crippen molar-refractivity contribution in [2.45, 2.75) is 19.3 Å². The van der Waals surface area contributed by atoms with Gasteiger partial charge in [-0.1, -0.05) is 6.08 Å². The SMILES string of the molecule is C=CCCCCNCC(=O)OC. The van der Waals surface area contributed by atoms with E-state index in [0.29, 0.717) is 6.54 Å². The van der Waals surface area contributed by atoms with Crippen molar-refractivity contribution in [1.29, 1.82) is 0 Å². The van der Waals surface area contributed by atoms with Crippen molar-refractivity contribution in [3.05, 3.63) is 12.7 Å². The predicted molar refractivity (Wildman–Crippen MR) is 48.9 cm³/mol. The van der Waals surface area contributed by atoms with Gasteiger partial charge >= 0.3 is 5.97 Å². The van der Waals surface area contributed by atoms with Crippen molar-refractivity contribution in [2.75, 3.05) is 20.2 Å². The van der Waals surface area contributed by atoms with E-state index < -0.39 is 0 Å². The molecule has 1 N–H and O–H groups in total. The summed E-state index contributed by atoms with van der Waals surface area (Å²) < 4.78 is 4.46. The second kappa shape index (κ2) is 8.27. The van der Waals surface area contributed by atoms with E-state index in [-0.39, 0.29) is 5.97 Å². The summed E-state index contributed by atoms with van der Waals surface area (Å²) in [6, 6.07) is 0. The molecular weight excluding hydrogens is 154 g/mol. The molecule has 0 aliphatic rings. The molecular formula is C9H17NO2. The summed E-state index contributed by atoms with van der Waals surface area (Å²) in [6.45, 7) is 4.80. The van der Waals surface area contributed by atoms with Crippen LogP contribution in [0.2, 0.25) is 0 Å². The molecule has 3 nitrogen and oxygen atoms in total. The van der Waals surface area contributed by atoms with Crippen molar-refractivity contribution >= 4 is 5.97 Å². The van der Waals surface area contributed by atoms with Crippen LogP contribution in [0.4, 0.5) is 0 Å². The number of unbranched alkanes of at least 4 members (excludes halogenated alkanes) is 2. The fraction of sp³-hybridized carbons (Fsp3) is 0.667. The number of esters is 1. The third-order valence-electron chi connectivity index (χ3n) is 1.51. The van der Waals surface area contributed by atoms with Gasteiger partial charge in [0.2, 0.25) is 0 Å². The average molecular weight is 171 g/mol. The summed E-state index contributed by atoms with van der Waals surface area (Å²) in [4.78, 5) is 10.6. The maximum absolute atomic E-state index is 10.6. The lowest BCUT2D eigenvalue weighted by atomic mass is 10.2. The lowest BCUT2D eigenvalue weighted by Crippen LogP contribution is -2.24. The van der Waals surface area contributed by atoms with E-state index in [1.165, 1.54) is 7.11 Å². The predicted octanol–water partition coefficient (Wildman–Crippen LogP) is 1.11. The molecule has 0 aromatic rings. The van der Waals surface area contributed by atoms with Crippen LogP contribution in [0.5, 0.6) is 0 Å². The van der Waals surface area contributed by atoms with Gasteiger partial charge in [0.1, 0.15) is 0 Å². The number of nitrogens with one attached hydrogen (secondary N) is 1. The summed E-state index contributed by atoms with van der Waals surface area (Å²) >= 11 is 0.